The van der Waals surface area contributed by atoms with Crippen molar-refractivity contribution in [3.05, 3.63) is 338 Å². The number of halogens is 1. The molecule has 7 aliphatic heterocycles. The summed E-state index contributed by atoms with van der Waals surface area (Å²) in [5.41, 5.74) is 32.5. The monoisotopic (exact) mass is 1840 g/mol. The molecule has 16 nitrogen and oxygen atoms in total. The van der Waals surface area contributed by atoms with Gasteiger partial charge in [0.25, 0.3) is 0 Å². The van der Waals surface area contributed by atoms with Crippen molar-refractivity contribution >= 4 is 131 Å². The number of nitrogens with zero attached hydrogens (tertiary/aromatic N) is 6. The molecule has 14 aromatic rings. The summed E-state index contributed by atoms with van der Waals surface area (Å²) in [7, 11) is 13.1. The van der Waals surface area contributed by atoms with E-state index in [0.717, 1.165) is 124 Å². The average molecular weight is 1840 g/mol. The first-order valence-corrected chi connectivity index (χ1v) is 46.8. The van der Waals surface area contributed by atoms with Gasteiger partial charge in [0.15, 0.2) is 0 Å². The summed E-state index contributed by atoms with van der Waals surface area (Å²) in [6.07, 6.45) is 0. The van der Waals surface area contributed by atoms with Crippen LogP contribution in [-0.2, 0) is 41.8 Å². The zero-order valence-electron chi connectivity index (χ0n) is 81.1. The van der Waals surface area contributed by atoms with E-state index in [9.17, 15) is 0 Å². The fourth-order valence-corrected chi connectivity index (χ4v) is 22.2. The third kappa shape index (κ3) is 13.8. The average Bonchev–Trinajstić information content (AvgIpc) is 0.765. The van der Waals surface area contributed by atoms with Gasteiger partial charge in [-0.25, -0.2) is 0 Å². The molecule has 14 aromatic carbocycles. The Labute approximate surface area is 797 Å². The standard InChI is InChI=1S/C61H64BN3O6.C55H52BrN3O4/c1-57(2)48-31-37(62-70-60(7,8)61(9,10)71-62)32-49-54(48)65-55-50(57)33-42(63(38-15-23-44(66-11)24-16-38)39-17-25-45(67-12)26-18-39)35-52(55)59(5,6)53-36-43(34-51(56(53)65)58(49,3)4)64(40-19-27-46(68-13)28-20-40)41-21-29-47(69-14)30-22-41;1-53(2)44-27-33(56)28-45-50(44)59-51-46(53)29-38(57(34-11-19-40(60-7)20-12-34)35-13-21-41(61-8)22-14-35)31-48(51)55(5,6)49-32-39(30-47(52(49)59)54(45,3)4)58(36-15-23-42(62-9)24-16-36)37-17-25-43(63-10)26-18-37/h15-36H,1-14H3;11-32H,1-10H3. The molecular formula is C116H116BBrN6O10. The van der Waals surface area contributed by atoms with E-state index in [-0.39, 0.29) is 10.8 Å². The molecule has 0 N–H and O–H groups in total. The fourth-order valence-electron chi connectivity index (χ4n) is 21.7. The highest BCUT2D eigenvalue weighted by Crippen LogP contribution is 2.71. The van der Waals surface area contributed by atoms with Crippen molar-refractivity contribution in [2.45, 2.75) is 154 Å². The van der Waals surface area contributed by atoms with Gasteiger partial charge < -0.3 is 76.6 Å². The summed E-state index contributed by atoms with van der Waals surface area (Å²) in [5.74, 6) is 6.43. The van der Waals surface area contributed by atoms with E-state index < -0.39 is 40.0 Å². The molecule has 0 spiro atoms. The fraction of sp³-hybridized carbons (Fsp3) is 0.276. The zero-order valence-corrected chi connectivity index (χ0v) is 82.7. The molecule has 0 atom stereocenters. The summed E-state index contributed by atoms with van der Waals surface area (Å²) in [5, 5.41) is 0. The molecule has 0 amide bonds. The highest BCUT2D eigenvalue weighted by Gasteiger charge is 2.58. The second kappa shape index (κ2) is 32.0. The minimum Gasteiger partial charge on any atom is -0.497 e. The first-order chi connectivity index (χ1) is 63.9. The Morgan fingerprint density at radius 1 is 0.209 bits per heavy atom. The number of anilines is 18. The van der Waals surface area contributed by atoms with Gasteiger partial charge in [-0.3, -0.25) is 0 Å². The maximum absolute atomic E-state index is 6.89. The van der Waals surface area contributed by atoms with Gasteiger partial charge in [-0.1, -0.05) is 111 Å². The van der Waals surface area contributed by atoms with Crippen molar-refractivity contribution in [3.63, 3.8) is 0 Å². The highest BCUT2D eigenvalue weighted by atomic mass is 79.9. The van der Waals surface area contributed by atoms with Crippen LogP contribution in [0.2, 0.25) is 0 Å². The van der Waals surface area contributed by atoms with Gasteiger partial charge in [-0.15, -0.1) is 0 Å². The largest absolute Gasteiger partial charge is 0.497 e. The number of methoxy groups -OCH3 is 8. The molecule has 680 valence electrons. The predicted octanol–water partition coefficient (Wildman–Crippen LogP) is 29.2. The van der Waals surface area contributed by atoms with Gasteiger partial charge in [0, 0.05) is 105 Å². The highest BCUT2D eigenvalue weighted by molar-refractivity contribution is 9.10. The van der Waals surface area contributed by atoms with Crippen LogP contribution in [0.4, 0.5) is 102 Å². The lowest BCUT2D eigenvalue weighted by atomic mass is 9.59. The second-order valence-corrected chi connectivity index (χ2v) is 41.2. The molecule has 18 heteroatoms. The summed E-state index contributed by atoms with van der Waals surface area (Å²) >= 11 is 4.02. The number of benzene rings is 14. The lowest BCUT2D eigenvalue weighted by Gasteiger charge is -2.55. The molecule has 21 rings (SSSR count). The third-order valence-electron chi connectivity index (χ3n) is 30.2. The van der Waals surface area contributed by atoms with Gasteiger partial charge in [-0.2, -0.15) is 0 Å². The van der Waals surface area contributed by atoms with Crippen LogP contribution in [0.5, 0.6) is 46.0 Å². The molecule has 1 saturated heterocycles. The Balaban J connectivity index is 0.000000168. The number of hydrogen-bond acceptors (Lipinski definition) is 16. The normalized spacial score (nSPS) is 16.5. The Morgan fingerprint density at radius 3 is 0.500 bits per heavy atom. The van der Waals surface area contributed by atoms with Gasteiger partial charge in [-0.05, 0) is 355 Å². The van der Waals surface area contributed by atoms with Gasteiger partial charge in [0.05, 0.1) is 102 Å². The van der Waals surface area contributed by atoms with Crippen molar-refractivity contribution in [3.8, 4) is 46.0 Å². The third-order valence-corrected chi connectivity index (χ3v) is 30.7. The number of hydrogen-bond donors (Lipinski definition) is 0. The van der Waals surface area contributed by atoms with Crippen LogP contribution in [0.1, 0.15) is 178 Å². The van der Waals surface area contributed by atoms with E-state index in [2.05, 4.69) is 326 Å². The van der Waals surface area contributed by atoms with E-state index in [1.165, 1.54) is 101 Å². The minimum absolute atomic E-state index is 0.351. The van der Waals surface area contributed by atoms with Crippen molar-refractivity contribution < 1.29 is 47.2 Å². The van der Waals surface area contributed by atoms with E-state index in [1.807, 2.05) is 97.1 Å². The first-order valence-electron chi connectivity index (χ1n) is 46.0. The Bertz CT molecular complexity index is 6400. The molecule has 7 heterocycles. The molecule has 1 fully saturated rings. The van der Waals surface area contributed by atoms with E-state index in [4.69, 9.17) is 47.2 Å². The minimum atomic E-state index is -0.554. The lowest BCUT2D eigenvalue weighted by molar-refractivity contribution is 0.00578. The summed E-state index contributed by atoms with van der Waals surface area (Å²) in [6.45, 7) is 37.3. The topological polar surface area (TPSA) is 112 Å². The van der Waals surface area contributed by atoms with Crippen LogP contribution in [0.15, 0.2) is 271 Å². The molecule has 0 radical (unpaired) electrons. The molecular weight excluding hydrogens is 1730 g/mol. The van der Waals surface area contributed by atoms with Gasteiger partial charge >= 0.3 is 7.12 Å². The Hall–Kier alpha value is -13.3. The van der Waals surface area contributed by atoms with E-state index >= 15 is 0 Å². The molecule has 0 aliphatic carbocycles. The SMILES string of the molecule is COc1ccc(N(c2ccc(OC)cc2)c2cc3c4c(c2)C(C)(C)c2cc(N(c5ccc(OC)cc5)c5ccc(OC)cc5)cc5c2N4c2c(cc(B4OC(C)(C)C(C)(C)O4)cc2C5(C)C)C3(C)C)cc1.COc1ccc(N(c2ccc(OC)cc2)c2cc3c4c(c2)C(C)(C)c2cc(N(c5ccc(OC)cc5)c5ccc(OC)cc5)cc5c2N4c2c(cc(Br)cc2C5(C)C)C3(C)C)cc1. The number of rotatable bonds is 21. The molecule has 0 bridgehead atoms. The molecule has 7 aliphatic rings. The van der Waals surface area contributed by atoms with Crippen LogP contribution in [0.3, 0.4) is 0 Å². The molecule has 134 heavy (non-hydrogen) atoms. The van der Waals surface area contributed by atoms with E-state index in [0.29, 0.717) is 0 Å². The lowest BCUT2D eigenvalue weighted by Crippen LogP contribution is -2.46. The summed E-state index contributed by atoms with van der Waals surface area (Å²) in [6, 6.07) is 95.6. The molecule has 0 unspecified atom stereocenters. The first kappa shape index (κ1) is 88.7. The Kier molecular flexibility index (Phi) is 21.2. The molecule has 0 aromatic heterocycles. The van der Waals surface area contributed by atoms with Gasteiger partial charge in [0.1, 0.15) is 46.0 Å². The van der Waals surface area contributed by atoms with Crippen molar-refractivity contribution in [1.82, 2.24) is 0 Å². The maximum Gasteiger partial charge on any atom is 0.494 e. The van der Waals surface area contributed by atoms with Crippen LogP contribution < -0.4 is 72.8 Å². The molecule has 0 saturated carbocycles. The van der Waals surface area contributed by atoms with Crippen LogP contribution in [0.25, 0.3) is 0 Å². The summed E-state index contributed by atoms with van der Waals surface area (Å²) < 4.78 is 60.0. The van der Waals surface area contributed by atoms with Crippen LogP contribution in [-0.4, -0.2) is 75.2 Å². The smallest absolute Gasteiger partial charge is 0.494 e. The number of ether oxygens (including phenoxy) is 8. The predicted molar refractivity (Wildman–Crippen MR) is 550 cm³/mol. The van der Waals surface area contributed by atoms with Crippen molar-refractivity contribution in [1.29, 1.82) is 0 Å². The van der Waals surface area contributed by atoms with Crippen molar-refractivity contribution in [2.24, 2.45) is 0 Å². The zero-order chi connectivity index (χ0) is 94.3. The Morgan fingerprint density at radius 2 is 0.351 bits per heavy atom. The quantitative estimate of drug-likeness (QED) is 0.0636. The summed E-state index contributed by atoms with van der Waals surface area (Å²) in [4.78, 5) is 14.7. The van der Waals surface area contributed by atoms with Crippen molar-refractivity contribution in [2.75, 3.05) is 86.3 Å². The second-order valence-electron chi connectivity index (χ2n) is 40.3. The van der Waals surface area contributed by atoms with Crippen LogP contribution in [0, 0.1) is 0 Å². The van der Waals surface area contributed by atoms with Gasteiger partial charge in [0.2, 0.25) is 0 Å². The maximum atomic E-state index is 6.89. The van der Waals surface area contributed by atoms with Crippen LogP contribution >= 0.6 is 15.9 Å². The van der Waals surface area contributed by atoms with E-state index in [1.54, 1.807) is 56.9 Å².